The van der Waals surface area contributed by atoms with Gasteiger partial charge in [-0.1, -0.05) is 259 Å². The highest BCUT2D eigenvalue weighted by molar-refractivity contribution is 7.47. The van der Waals surface area contributed by atoms with Gasteiger partial charge in [0.1, 0.15) is 25.4 Å². The molecule has 0 aliphatic rings. The van der Waals surface area contributed by atoms with Crippen molar-refractivity contribution >= 4 is 33.6 Å². The molecule has 4 N–H and O–H groups in total. The summed E-state index contributed by atoms with van der Waals surface area (Å²) in [6, 6.07) is 0. The molecule has 16 nitrogen and oxygen atoms in total. The molecule has 0 amide bonds. The lowest BCUT2D eigenvalue weighted by Crippen LogP contribution is -2.30. The lowest BCUT2D eigenvalue weighted by molar-refractivity contribution is -0.161. The van der Waals surface area contributed by atoms with Gasteiger partial charge in [0.15, 0.2) is 6.10 Å². The van der Waals surface area contributed by atoms with Crippen LogP contribution in [0.5, 0.6) is 0 Å². The van der Waals surface area contributed by atoms with Crippen LogP contribution in [0.3, 0.4) is 0 Å². The molecular weight excluding hydrogens is 1220 g/mol. The van der Waals surface area contributed by atoms with Crippen molar-refractivity contribution in [2.45, 2.75) is 322 Å². The monoisotopic (exact) mass is 1350 g/mol. The molecule has 0 heterocycles. The number of phosphoric ester groups is 2. The zero-order valence-electron chi connectivity index (χ0n) is 58.4. The number of hydrogen-bond donors (Lipinski definition) is 4. The Labute approximate surface area is 565 Å². The number of carbonyl (C=O) groups excluding carboxylic acids is 3. The van der Waals surface area contributed by atoms with Gasteiger partial charge < -0.3 is 34.2 Å². The Hall–Kier alpha value is -3.53. The Morgan fingerprint density at radius 2 is 0.559 bits per heavy atom. The van der Waals surface area contributed by atoms with Crippen molar-refractivity contribution in [2.75, 3.05) is 39.6 Å². The molecule has 5 atom stereocenters. The average Bonchev–Trinajstić information content (AvgIpc) is 3.45. The zero-order valence-corrected chi connectivity index (χ0v) is 60.2. The van der Waals surface area contributed by atoms with Crippen LogP contribution < -0.4 is 0 Å². The molecule has 0 fully saturated rings. The van der Waals surface area contributed by atoms with Crippen molar-refractivity contribution in [3.8, 4) is 0 Å². The second-order valence-electron chi connectivity index (χ2n) is 24.4. The van der Waals surface area contributed by atoms with E-state index in [9.17, 15) is 43.5 Å². The molecule has 0 aromatic heterocycles. The SMILES string of the molecule is CCC/C=C\C/C=C\CCCCCCCC(=O)OC(COC(=O)CCCCCCC/C=C\C/C=C\CCCCC)COP(=O)(O)OCC(O)COP(=O)(O)OCC(O)COC(=O)CCCCCCCCCCCCCCC/C=C\C/C=C\C/C=C\C/C=C\CCCCC. The van der Waals surface area contributed by atoms with Crippen molar-refractivity contribution in [3.05, 3.63) is 97.2 Å². The zero-order chi connectivity index (χ0) is 68.1. The van der Waals surface area contributed by atoms with Crippen LogP contribution in [0.25, 0.3) is 0 Å². The minimum atomic E-state index is -4.93. The first kappa shape index (κ1) is 89.5. The van der Waals surface area contributed by atoms with Crippen LogP contribution in [0, 0.1) is 0 Å². The maximum absolute atomic E-state index is 12.9. The molecule has 5 unspecified atom stereocenters. The molecule has 0 spiro atoms. The minimum absolute atomic E-state index is 0.0853. The van der Waals surface area contributed by atoms with Gasteiger partial charge in [0, 0.05) is 19.3 Å². The van der Waals surface area contributed by atoms with Gasteiger partial charge in [-0.05, 0) is 122 Å². The summed E-state index contributed by atoms with van der Waals surface area (Å²) in [7, 11) is -9.78. The largest absolute Gasteiger partial charge is 0.472 e. The maximum atomic E-state index is 12.9. The molecular formula is C75H132O16P2. The number of allylic oxidation sites excluding steroid dienone is 16. The van der Waals surface area contributed by atoms with E-state index in [0.717, 1.165) is 141 Å². The smallest absolute Gasteiger partial charge is 0.463 e. The molecule has 0 rings (SSSR count). The molecule has 0 saturated heterocycles. The molecule has 0 saturated carbocycles. The number of rotatable bonds is 69. The van der Waals surface area contributed by atoms with Crippen LogP contribution in [0.15, 0.2) is 97.2 Å². The van der Waals surface area contributed by atoms with Crippen LogP contribution in [0.1, 0.15) is 303 Å². The summed E-state index contributed by atoms with van der Waals surface area (Å²) >= 11 is 0. The summed E-state index contributed by atoms with van der Waals surface area (Å²) in [6.07, 6.45) is 76.1. The van der Waals surface area contributed by atoms with E-state index in [-0.39, 0.29) is 19.3 Å². The fourth-order valence-corrected chi connectivity index (χ4v) is 11.2. The number of hydrogen-bond acceptors (Lipinski definition) is 14. The van der Waals surface area contributed by atoms with Gasteiger partial charge in [0.25, 0.3) is 0 Å². The molecule has 0 bridgehead atoms. The average molecular weight is 1350 g/mol. The van der Waals surface area contributed by atoms with Crippen molar-refractivity contribution in [1.29, 1.82) is 0 Å². The highest BCUT2D eigenvalue weighted by atomic mass is 31.2. The van der Waals surface area contributed by atoms with E-state index >= 15 is 0 Å². The summed E-state index contributed by atoms with van der Waals surface area (Å²) in [6.45, 7) is 2.53. The number of phosphoric acid groups is 2. The van der Waals surface area contributed by atoms with Gasteiger partial charge in [-0.25, -0.2) is 9.13 Å². The summed E-state index contributed by atoms with van der Waals surface area (Å²) in [5.74, 6) is -1.60. The Bertz CT molecular complexity index is 2080. The van der Waals surface area contributed by atoms with E-state index < -0.39 is 91.5 Å². The first-order valence-electron chi connectivity index (χ1n) is 36.5. The van der Waals surface area contributed by atoms with Crippen LogP contribution in [-0.4, -0.2) is 95.9 Å². The number of unbranched alkanes of at least 4 members (excludes halogenated alkanes) is 30. The first-order valence-corrected chi connectivity index (χ1v) is 39.5. The molecule has 0 aliphatic carbocycles. The van der Waals surface area contributed by atoms with Crippen LogP contribution >= 0.6 is 15.6 Å². The highest BCUT2D eigenvalue weighted by Crippen LogP contribution is 2.45. The fourth-order valence-electron chi connectivity index (χ4n) is 9.62. The van der Waals surface area contributed by atoms with Gasteiger partial charge in [-0.15, -0.1) is 0 Å². The predicted octanol–water partition coefficient (Wildman–Crippen LogP) is 20.6. The molecule has 18 heteroatoms. The molecule has 93 heavy (non-hydrogen) atoms. The summed E-state index contributed by atoms with van der Waals surface area (Å²) < 4.78 is 60.9. The van der Waals surface area contributed by atoms with E-state index in [1.165, 1.54) is 103 Å². The van der Waals surface area contributed by atoms with Gasteiger partial charge in [-0.3, -0.25) is 32.5 Å². The Morgan fingerprint density at radius 3 is 0.892 bits per heavy atom. The van der Waals surface area contributed by atoms with Gasteiger partial charge in [0.2, 0.25) is 0 Å². The summed E-state index contributed by atoms with van der Waals surface area (Å²) in [5.41, 5.74) is 0. The van der Waals surface area contributed by atoms with Crippen molar-refractivity contribution < 1.29 is 75.8 Å². The third-order valence-electron chi connectivity index (χ3n) is 15.2. The molecule has 0 aromatic carbocycles. The topological polar surface area (TPSA) is 231 Å². The standard InChI is InChI=1S/C75H132O16P2/c1-4-7-10-13-16-19-22-25-27-28-29-30-31-32-33-34-35-36-37-38-39-40-42-45-46-49-52-55-58-61-73(78)85-64-70(76)65-87-92(81,82)88-66-71(77)67-89-93(83,84)90-69-72(91-75(80)63-60-57-54-51-48-43-24-21-18-15-12-9-6-3)68-86-74(79)62-59-56-53-50-47-44-41-26-23-20-17-14-11-8-5-2/h12,15-17,19-21,24-27,29-30,32-33,41,70-72,76-77H,4-11,13-14,18,22-23,28,31,34-40,42-69H2,1-3H3,(H,81,82)(H,83,84)/b15-12-,19-16-,20-17-,24-21-,27-25-,30-29-,33-32-,41-26-. The van der Waals surface area contributed by atoms with E-state index in [4.69, 9.17) is 32.3 Å². The number of aliphatic hydroxyl groups excluding tert-OH is 2. The Balaban J connectivity index is 4.45. The maximum Gasteiger partial charge on any atom is 0.472 e. The summed E-state index contributed by atoms with van der Waals surface area (Å²) in [5, 5.41) is 20.6. The molecule has 0 aromatic rings. The third-order valence-corrected chi connectivity index (χ3v) is 17.1. The van der Waals surface area contributed by atoms with Gasteiger partial charge in [-0.2, -0.15) is 0 Å². The second-order valence-corrected chi connectivity index (χ2v) is 27.3. The van der Waals surface area contributed by atoms with Crippen LogP contribution in [-0.2, 0) is 55.8 Å². The molecule has 0 aliphatic heterocycles. The quantitative estimate of drug-likeness (QED) is 0.0146. The summed E-state index contributed by atoms with van der Waals surface area (Å²) in [4.78, 5) is 58.4. The molecule has 538 valence electrons. The normalized spacial score (nSPS) is 14.7. The lowest BCUT2D eigenvalue weighted by Gasteiger charge is -2.21. The molecule has 0 radical (unpaired) electrons. The number of ether oxygens (including phenoxy) is 3. The first-order chi connectivity index (χ1) is 45.2. The van der Waals surface area contributed by atoms with Crippen LogP contribution in [0.4, 0.5) is 0 Å². The van der Waals surface area contributed by atoms with E-state index in [1.54, 1.807) is 0 Å². The van der Waals surface area contributed by atoms with Crippen molar-refractivity contribution in [3.63, 3.8) is 0 Å². The number of carbonyl (C=O) groups is 3. The predicted molar refractivity (Wildman–Crippen MR) is 381 cm³/mol. The third kappa shape index (κ3) is 69.6. The van der Waals surface area contributed by atoms with Crippen molar-refractivity contribution in [1.82, 2.24) is 0 Å². The van der Waals surface area contributed by atoms with Crippen LogP contribution in [0.2, 0.25) is 0 Å². The Morgan fingerprint density at radius 1 is 0.301 bits per heavy atom. The lowest BCUT2D eigenvalue weighted by atomic mass is 10.0. The van der Waals surface area contributed by atoms with Gasteiger partial charge >= 0.3 is 33.6 Å². The van der Waals surface area contributed by atoms with E-state index in [2.05, 4.69) is 118 Å². The number of aliphatic hydroxyl groups is 2. The highest BCUT2D eigenvalue weighted by Gasteiger charge is 2.29. The van der Waals surface area contributed by atoms with E-state index in [1.807, 2.05) is 0 Å². The fraction of sp³-hybridized carbons (Fsp3) is 0.747. The second kappa shape index (κ2) is 68.4. The minimum Gasteiger partial charge on any atom is -0.463 e. The van der Waals surface area contributed by atoms with Gasteiger partial charge in [0.05, 0.1) is 26.4 Å². The number of esters is 3. The van der Waals surface area contributed by atoms with E-state index in [0.29, 0.717) is 19.3 Å². The Kier molecular flexibility index (Phi) is 65.8. The van der Waals surface area contributed by atoms with Crippen molar-refractivity contribution in [2.24, 2.45) is 0 Å².